The molecule has 0 spiro atoms. The van der Waals surface area contributed by atoms with Gasteiger partial charge in [-0.2, -0.15) is 0 Å². The number of carbonyl (C=O) groups is 3. The first-order valence-corrected chi connectivity index (χ1v) is 12.7. The van der Waals surface area contributed by atoms with Gasteiger partial charge in [0.25, 0.3) is 5.91 Å². The molecule has 202 valence electrons. The number of ether oxygens (including phenoxy) is 2. The lowest BCUT2D eigenvalue weighted by Crippen LogP contribution is -2.36. The van der Waals surface area contributed by atoms with Crippen LogP contribution in [0.4, 0.5) is 11.4 Å². The molecule has 0 radical (unpaired) electrons. The molecule has 9 nitrogen and oxygen atoms in total. The largest absolute Gasteiger partial charge is 0.464 e. The van der Waals surface area contributed by atoms with Crippen LogP contribution in [0.15, 0.2) is 89.5 Å². The van der Waals surface area contributed by atoms with E-state index in [1.807, 2.05) is 24.3 Å². The summed E-state index contributed by atoms with van der Waals surface area (Å²) in [5, 5.41) is 6.56. The molecule has 2 heterocycles. The van der Waals surface area contributed by atoms with Gasteiger partial charge in [-0.1, -0.05) is 35.5 Å². The van der Waals surface area contributed by atoms with E-state index in [9.17, 15) is 14.4 Å². The van der Waals surface area contributed by atoms with E-state index in [1.54, 1.807) is 54.6 Å². The zero-order valence-corrected chi connectivity index (χ0v) is 21.8. The zero-order valence-electron chi connectivity index (χ0n) is 21.8. The highest BCUT2D eigenvalue weighted by atomic mass is 16.5. The van der Waals surface area contributed by atoms with Crippen molar-refractivity contribution >= 4 is 35.1 Å². The molecule has 0 atom stereocenters. The third kappa shape index (κ3) is 6.33. The number of carbonyl (C=O) groups excluding carboxylic acids is 3. The van der Waals surface area contributed by atoms with Gasteiger partial charge in [0, 0.05) is 47.2 Å². The van der Waals surface area contributed by atoms with Crippen LogP contribution in [0.3, 0.4) is 0 Å². The fourth-order valence-corrected chi connectivity index (χ4v) is 4.24. The lowest BCUT2D eigenvalue weighted by atomic mass is 10.1. The maximum Gasteiger partial charge on any atom is 0.360 e. The second-order valence-electron chi connectivity index (χ2n) is 9.07. The molecule has 1 aliphatic rings. The summed E-state index contributed by atoms with van der Waals surface area (Å²) >= 11 is 0. The van der Waals surface area contributed by atoms with Crippen molar-refractivity contribution in [1.82, 2.24) is 5.16 Å². The molecule has 1 fully saturated rings. The van der Waals surface area contributed by atoms with Gasteiger partial charge in [0.1, 0.15) is 0 Å². The Balaban J connectivity index is 1.18. The van der Waals surface area contributed by atoms with Crippen LogP contribution < -0.4 is 10.2 Å². The third-order valence-electron chi connectivity index (χ3n) is 6.44. The quantitative estimate of drug-likeness (QED) is 0.188. The predicted octanol–water partition coefficient (Wildman–Crippen LogP) is 5.11. The van der Waals surface area contributed by atoms with Gasteiger partial charge in [0.15, 0.2) is 17.2 Å². The first-order chi connectivity index (χ1) is 19.5. The van der Waals surface area contributed by atoms with E-state index < -0.39 is 5.97 Å². The monoisotopic (exact) mass is 537 g/mol. The molecule has 9 heteroatoms. The minimum Gasteiger partial charge on any atom is -0.464 e. The molecule has 0 unspecified atom stereocenters. The molecule has 1 amide bonds. The molecule has 1 N–H and O–H groups in total. The highest BCUT2D eigenvalue weighted by Crippen LogP contribution is 2.24. The summed E-state index contributed by atoms with van der Waals surface area (Å²) in [5.41, 5.74) is 4.19. The van der Waals surface area contributed by atoms with Gasteiger partial charge in [0.2, 0.25) is 0 Å². The summed E-state index contributed by atoms with van der Waals surface area (Å²) in [6, 6.07) is 23.0. The molecule has 3 aromatic carbocycles. The number of morpholine rings is 1. The number of hydrogen-bond donors (Lipinski definition) is 1. The highest BCUT2D eigenvalue weighted by molar-refractivity contribution is 6.07. The lowest BCUT2D eigenvalue weighted by Gasteiger charge is -2.28. The molecule has 5 rings (SSSR count). The summed E-state index contributed by atoms with van der Waals surface area (Å²) < 4.78 is 15.3. The summed E-state index contributed by atoms with van der Waals surface area (Å²) in [5.74, 6) is -0.617. The first kappa shape index (κ1) is 26.6. The molecule has 0 bridgehead atoms. The van der Waals surface area contributed by atoms with Gasteiger partial charge < -0.3 is 24.2 Å². The minimum absolute atomic E-state index is 0.0597. The van der Waals surface area contributed by atoms with Crippen LogP contribution >= 0.6 is 0 Å². The number of hydrogen-bond acceptors (Lipinski definition) is 8. The van der Waals surface area contributed by atoms with E-state index in [1.165, 1.54) is 19.3 Å². The minimum atomic E-state index is -0.597. The molecule has 1 aromatic heterocycles. The second kappa shape index (κ2) is 12.2. The number of rotatable bonds is 8. The standard InChI is InChI=1S/C31H27N3O6/c1-38-31(37)27-20-29(40-33-27)24-3-2-4-25(19-24)32-30(36)23-8-5-21(6-9-23)7-14-28(35)22-10-12-26(13-11-22)34-15-17-39-18-16-34/h2-14,19-20H,15-18H2,1H3,(H,32,36)/b14-7+. The molecule has 4 aromatic rings. The molecule has 40 heavy (non-hydrogen) atoms. The summed E-state index contributed by atoms with van der Waals surface area (Å²) in [6.45, 7) is 3.10. The Hall–Kier alpha value is -5.02. The van der Waals surface area contributed by atoms with E-state index >= 15 is 0 Å². The zero-order chi connectivity index (χ0) is 27.9. The summed E-state index contributed by atoms with van der Waals surface area (Å²) in [4.78, 5) is 39.3. The van der Waals surface area contributed by atoms with Crippen molar-refractivity contribution in [2.75, 3.05) is 43.6 Å². The number of amides is 1. The van der Waals surface area contributed by atoms with Crippen molar-refractivity contribution in [3.05, 3.63) is 107 Å². The topological polar surface area (TPSA) is 111 Å². The van der Waals surface area contributed by atoms with Crippen LogP contribution in [-0.4, -0.2) is 56.2 Å². The predicted molar refractivity (Wildman–Crippen MR) is 151 cm³/mol. The van der Waals surface area contributed by atoms with E-state index in [0.717, 1.165) is 24.3 Å². The van der Waals surface area contributed by atoms with E-state index in [0.29, 0.717) is 41.4 Å². The van der Waals surface area contributed by atoms with Crippen molar-refractivity contribution in [2.45, 2.75) is 0 Å². The number of esters is 1. The molecule has 0 aliphatic carbocycles. The molecular weight excluding hydrogens is 510 g/mol. The molecule has 1 aliphatic heterocycles. The number of nitrogens with one attached hydrogen (secondary N) is 1. The average molecular weight is 538 g/mol. The fourth-order valence-electron chi connectivity index (χ4n) is 4.24. The number of aromatic nitrogens is 1. The Bertz CT molecular complexity index is 1530. The van der Waals surface area contributed by atoms with Crippen molar-refractivity contribution in [1.29, 1.82) is 0 Å². The average Bonchev–Trinajstić information content (AvgIpc) is 3.51. The fraction of sp³-hybridized carbons (Fsp3) is 0.161. The Kier molecular flexibility index (Phi) is 8.13. The van der Waals surface area contributed by atoms with Gasteiger partial charge in [0.05, 0.1) is 20.3 Å². The lowest BCUT2D eigenvalue weighted by molar-refractivity contribution is 0.0589. The Morgan fingerprint density at radius 2 is 1.65 bits per heavy atom. The van der Waals surface area contributed by atoms with Gasteiger partial charge in [-0.15, -0.1) is 0 Å². The highest BCUT2D eigenvalue weighted by Gasteiger charge is 2.15. The third-order valence-corrected chi connectivity index (χ3v) is 6.44. The second-order valence-corrected chi connectivity index (χ2v) is 9.07. The SMILES string of the molecule is COC(=O)c1cc(-c2cccc(NC(=O)c3ccc(/C=C/C(=O)c4ccc(N5CCOCC5)cc4)cc3)c2)on1. The van der Waals surface area contributed by atoms with Crippen molar-refractivity contribution in [2.24, 2.45) is 0 Å². The molecule has 1 saturated heterocycles. The number of methoxy groups -OCH3 is 1. The van der Waals surface area contributed by atoms with Crippen molar-refractivity contribution in [3.63, 3.8) is 0 Å². The molecular formula is C31H27N3O6. The van der Waals surface area contributed by atoms with Crippen LogP contribution in [-0.2, 0) is 9.47 Å². The van der Waals surface area contributed by atoms with E-state index in [4.69, 9.17) is 9.26 Å². The Morgan fingerprint density at radius 3 is 2.38 bits per heavy atom. The van der Waals surface area contributed by atoms with Crippen LogP contribution in [0.2, 0.25) is 0 Å². The van der Waals surface area contributed by atoms with Crippen LogP contribution in [0.25, 0.3) is 17.4 Å². The van der Waals surface area contributed by atoms with E-state index in [2.05, 4.69) is 20.1 Å². The van der Waals surface area contributed by atoms with Crippen LogP contribution in [0, 0.1) is 0 Å². The number of benzene rings is 3. The van der Waals surface area contributed by atoms with Gasteiger partial charge >= 0.3 is 5.97 Å². The van der Waals surface area contributed by atoms with Crippen LogP contribution in [0.1, 0.15) is 36.8 Å². The Labute approximate surface area is 231 Å². The summed E-state index contributed by atoms with van der Waals surface area (Å²) in [7, 11) is 1.27. The first-order valence-electron chi connectivity index (χ1n) is 12.7. The van der Waals surface area contributed by atoms with Crippen molar-refractivity contribution < 1.29 is 28.4 Å². The van der Waals surface area contributed by atoms with E-state index in [-0.39, 0.29) is 17.4 Å². The maximum absolute atomic E-state index is 12.8. The smallest absolute Gasteiger partial charge is 0.360 e. The number of allylic oxidation sites excluding steroid dienone is 1. The summed E-state index contributed by atoms with van der Waals surface area (Å²) in [6.07, 6.45) is 3.25. The Morgan fingerprint density at radius 1 is 0.925 bits per heavy atom. The van der Waals surface area contributed by atoms with Gasteiger partial charge in [-0.25, -0.2) is 4.79 Å². The van der Waals surface area contributed by atoms with Gasteiger partial charge in [-0.3, -0.25) is 9.59 Å². The molecule has 0 saturated carbocycles. The normalized spacial score (nSPS) is 13.3. The number of nitrogens with zero attached hydrogens (tertiary/aromatic N) is 2. The van der Waals surface area contributed by atoms with Crippen molar-refractivity contribution in [3.8, 4) is 11.3 Å². The number of anilines is 2. The van der Waals surface area contributed by atoms with Crippen LogP contribution in [0.5, 0.6) is 0 Å². The van der Waals surface area contributed by atoms with Gasteiger partial charge in [-0.05, 0) is 60.2 Å². The maximum atomic E-state index is 12.8. The number of ketones is 1.